The molecule has 28 heavy (non-hydrogen) atoms. The Hall–Kier alpha value is -2.19. The molecule has 1 aliphatic rings. The quantitative estimate of drug-likeness (QED) is 0.763. The van der Waals surface area contributed by atoms with Gasteiger partial charge in [0, 0.05) is 24.6 Å². The molecule has 3 rings (SSSR count). The van der Waals surface area contributed by atoms with Gasteiger partial charge in [-0.3, -0.25) is 4.79 Å². The third-order valence-electron chi connectivity index (χ3n) is 5.22. The third-order valence-corrected chi connectivity index (χ3v) is 6.97. The van der Waals surface area contributed by atoms with Crippen LogP contribution in [0.15, 0.2) is 30.5 Å². The Morgan fingerprint density at radius 3 is 2.82 bits per heavy atom. The number of hydrogen-bond acceptors (Lipinski definition) is 5. The lowest BCUT2D eigenvalue weighted by molar-refractivity contribution is -0.116. The highest BCUT2D eigenvalue weighted by Gasteiger charge is 2.30. The van der Waals surface area contributed by atoms with Crippen molar-refractivity contribution >= 4 is 21.6 Å². The molecule has 1 aromatic heterocycles. The molecule has 1 fully saturated rings. The summed E-state index contributed by atoms with van der Waals surface area (Å²) in [6.07, 6.45) is 2.70. The van der Waals surface area contributed by atoms with Crippen LogP contribution in [0.5, 0.6) is 0 Å². The molecule has 0 aliphatic carbocycles. The SMILES string of the molecule is Cc1cccc(Cn2ncc(C)c2NC(=O)CCN(C)C2CCS(=O)(=O)C2)c1. The second-order valence-electron chi connectivity index (χ2n) is 7.66. The zero-order chi connectivity index (χ0) is 20.3. The number of carbonyl (C=O) groups excluding carboxylic acids is 1. The largest absolute Gasteiger partial charge is 0.311 e. The normalized spacial score (nSPS) is 18.5. The molecule has 1 atom stereocenters. The number of aromatic nitrogens is 2. The minimum Gasteiger partial charge on any atom is -0.311 e. The molecule has 0 radical (unpaired) electrons. The van der Waals surface area contributed by atoms with Gasteiger partial charge in [0.05, 0.1) is 24.2 Å². The first kappa shape index (κ1) is 20.5. The van der Waals surface area contributed by atoms with Gasteiger partial charge in [0.2, 0.25) is 5.91 Å². The number of sulfone groups is 1. The molecule has 1 aromatic carbocycles. The topological polar surface area (TPSA) is 84.3 Å². The molecule has 0 spiro atoms. The minimum absolute atomic E-state index is 0.00591. The van der Waals surface area contributed by atoms with Crippen LogP contribution in [0.25, 0.3) is 0 Å². The number of benzene rings is 1. The van der Waals surface area contributed by atoms with Crippen molar-refractivity contribution in [2.45, 2.75) is 39.3 Å². The van der Waals surface area contributed by atoms with Crippen LogP contribution in [0.3, 0.4) is 0 Å². The van der Waals surface area contributed by atoms with Crippen molar-refractivity contribution in [1.29, 1.82) is 0 Å². The molecule has 1 unspecified atom stereocenters. The van der Waals surface area contributed by atoms with Gasteiger partial charge in [-0.25, -0.2) is 13.1 Å². The number of aryl methyl sites for hydroxylation is 2. The van der Waals surface area contributed by atoms with Crippen LogP contribution in [0.1, 0.15) is 29.5 Å². The summed E-state index contributed by atoms with van der Waals surface area (Å²) >= 11 is 0. The van der Waals surface area contributed by atoms with Crippen LogP contribution < -0.4 is 5.32 Å². The van der Waals surface area contributed by atoms with E-state index in [4.69, 9.17) is 0 Å². The Morgan fingerprint density at radius 2 is 2.14 bits per heavy atom. The summed E-state index contributed by atoms with van der Waals surface area (Å²) in [6, 6.07) is 8.21. The summed E-state index contributed by atoms with van der Waals surface area (Å²) in [5.41, 5.74) is 3.22. The van der Waals surface area contributed by atoms with Gasteiger partial charge in [0.15, 0.2) is 9.84 Å². The highest BCUT2D eigenvalue weighted by molar-refractivity contribution is 7.91. The highest BCUT2D eigenvalue weighted by atomic mass is 32.2. The number of amides is 1. The van der Waals surface area contributed by atoms with Gasteiger partial charge in [-0.2, -0.15) is 5.10 Å². The summed E-state index contributed by atoms with van der Waals surface area (Å²) < 4.78 is 25.1. The van der Waals surface area contributed by atoms with Crippen LogP contribution >= 0.6 is 0 Å². The van der Waals surface area contributed by atoms with Gasteiger partial charge in [-0.1, -0.05) is 29.8 Å². The van der Waals surface area contributed by atoms with Crippen molar-refractivity contribution in [3.8, 4) is 0 Å². The second-order valence-corrected chi connectivity index (χ2v) is 9.89. The van der Waals surface area contributed by atoms with Crippen molar-refractivity contribution < 1.29 is 13.2 Å². The van der Waals surface area contributed by atoms with Crippen molar-refractivity contribution in [2.75, 3.05) is 30.4 Å². The average Bonchev–Trinajstić information content (AvgIpc) is 3.16. The molecule has 1 amide bonds. The lowest BCUT2D eigenvalue weighted by atomic mass is 10.1. The van der Waals surface area contributed by atoms with E-state index in [-0.39, 0.29) is 23.5 Å². The molecular formula is C20H28N4O3S. The fraction of sp³-hybridized carbons (Fsp3) is 0.500. The molecule has 1 N–H and O–H groups in total. The Labute approximate surface area is 166 Å². The van der Waals surface area contributed by atoms with E-state index in [1.165, 1.54) is 5.56 Å². The van der Waals surface area contributed by atoms with Gasteiger partial charge in [-0.05, 0) is 32.9 Å². The molecule has 7 nitrogen and oxygen atoms in total. The Kier molecular flexibility index (Phi) is 6.20. The zero-order valence-corrected chi connectivity index (χ0v) is 17.5. The van der Waals surface area contributed by atoms with E-state index in [9.17, 15) is 13.2 Å². The van der Waals surface area contributed by atoms with E-state index >= 15 is 0 Å². The molecule has 1 aliphatic heterocycles. The molecule has 152 valence electrons. The number of anilines is 1. The Balaban J connectivity index is 1.57. The molecule has 2 heterocycles. The molecule has 2 aromatic rings. The number of carbonyl (C=O) groups is 1. The summed E-state index contributed by atoms with van der Waals surface area (Å²) in [4.78, 5) is 14.4. The number of hydrogen-bond donors (Lipinski definition) is 1. The predicted octanol–water partition coefficient (Wildman–Crippen LogP) is 2.00. The van der Waals surface area contributed by atoms with Crippen molar-refractivity contribution in [2.24, 2.45) is 0 Å². The number of rotatable bonds is 7. The Bertz CT molecular complexity index is 952. The minimum atomic E-state index is -2.92. The van der Waals surface area contributed by atoms with E-state index in [1.54, 1.807) is 10.9 Å². The molecule has 0 bridgehead atoms. The van der Waals surface area contributed by atoms with Crippen LogP contribution in [0, 0.1) is 13.8 Å². The highest BCUT2D eigenvalue weighted by Crippen LogP contribution is 2.18. The molecule has 0 saturated carbocycles. The fourth-order valence-electron chi connectivity index (χ4n) is 3.52. The zero-order valence-electron chi connectivity index (χ0n) is 16.7. The first-order valence-corrected chi connectivity index (χ1v) is 11.3. The van der Waals surface area contributed by atoms with E-state index in [0.29, 0.717) is 31.7 Å². The van der Waals surface area contributed by atoms with E-state index in [1.807, 2.05) is 44.0 Å². The predicted molar refractivity (Wildman–Crippen MR) is 110 cm³/mol. The maximum atomic E-state index is 12.5. The van der Waals surface area contributed by atoms with Gasteiger partial charge in [-0.15, -0.1) is 0 Å². The first-order chi connectivity index (χ1) is 13.2. The number of nitrogens with one attached hydrogen (secondary N) is 1. The van der Waals surface area contributed by atoms with Gasteiger partial charge >= 0.3 is 0 Å². The summed E-state index contributed by atoms with van der Waals surface area (Å²) in [5.74, 6) is 1.04. The maximum Gasteiger partial charge on any atom is 0.226 e. The molecule has 1 saturated heterocycles. The van der Waals surface area contributed by atoms with Crippen molar-refractivity contribution in [3.63, 3.8) is 0 Å². The lowest BCUT2D eigenvalue weighted by Gasteiger charge is -2.22. The van der Waals surface area contributed by atoms with E-state index in [0.717, 1.165) is 11.1 Å². The van der Waals surface area contributed by atoms with E-state index in [2.05, 4.69) is 16.5 Å². The van der Waals surface area contributed by atoms with Gasteiger partial charge < -0.3 is 10.2 Å². The molecular weight excluding hydrogens is 376 g/mol. The standard InChI is InChI=1S/C20H28N4O3S/c1-15-5-4-6-17(11-15)13-24-20(16(2)12-21-24)22-19(25)7-9-23(3)18-8-10-28(26,27)14-18/h4-6,11-12,18H,7-10,13-14H2,1-3H3,(H,22,25). The van der Waals surface area contributed by atoms with Gasteiger partial charge in [0.25, 0.3) is 0 Å². The smallest absolute Gasteiger partial charge is 0.226 e. The monoisotopic (exact) mass is 404 g/mol. The maximum absolute atomic E-state index is 12.5. The van der Waals surface area contributed by atoms with Gasteiger partial charge in [0.1, 0.15) is 5.82 Å². The summed E-state index contributed by atoms with van der Waals surface area (Å²) in [7, 11) is -1.04. The third kappa shape index (κ3) is 5.20. The van der Waals surface area contributed by atoms with Crippen LogP contribution in [-0.2, 0) is 21.2 Å². The van der Waals surface area contributed by atoms with Crippen LogP contribution in [0.2, 0.25) is 0 Å². The summed E-state index contributed by atoms with van der Waals surface area (Å²) in [5, 5.41) is 7.37. The second kappa shape index (κ2) is 8.45. The van der Waals surface area contributed by atoms with E-state index < -0.39 is 9.84 Å². The Morgan fingerprint density at radius 1 is 1.36 bits per heavy atom. The summed E-state index contributed by atoms with van der Waals surface area (Å²) in [6.45, 7) is 5.08. The van der Waals surface area contributed by atoms with Crippen molar-refractivity contribution in [1.82, 2.24) is 14.7 Å². The fourth-order valence-corrected chi connectivity index (χ4v) is 5.33. The average molecular weight is 405 g/mol. The van der Waals surface area contributed by atoms with Crippen LogP contribution in [-0.4, -0.2) is 60.1 Å². The first-order valence-electron chi connectivity index (χ1n) is 9.52. The number of nitrogens with zero attached hydrogens (tertiary/aromatic N) is 3. The molecule has 8 heteroatoms. The van der Waals surface area contributed by atoms with Crippen molar-refractivity contribution in [3.05, 3.63) is 47.2 Å². The lowest BCUT2D eigenvalue weighted by Crippen LogP contribution is -2.35. The van der Waals surface area contributed by atoms with Crippen LogP contribution in [0.4, 0.5) is 5.82 Å².